The molecule has 1 aromatic rings. The van der Waals surface area contributed by atoms with Crippen LogP contribution in [0.5, 0.6) is 0 Å². The van der Waals surface area contributed by atoms with Crippen molar-refractivity contribution in [3.05, 3.63) is 24.3 Å². The summed E-state index contributed by atoms with van der Waals surface area (Å²) in [7, 11) is 0. The van der Waals surface area contributed by atoms with Crippen LogP contribution in [-0.2, 0) is 11.3 Å². The third-order valence-electron chi connectivity index (χ3n) is 3.61. The van der Waals surface area contributed by atoms with Gasteiger partial charge in [0, 0.05) is 37.7 Å². The molecule has 122 valence electrons. The molecule has 1 N–H and O–H groups in total. The first kappa shape index (κ1) is 16.7. The van der Waals surface area contributed by atoms with Gasteiger partial charge in [0.15, 0.2) is 0 Å². The maximum absolute atomic E-state index is 11.8. The molecule has 0 saturated carbocycles. The van der Waals surface area contributed by atoms with Crippen LogP contribution in [0.3, 0.4) is 0 Å². The van der Waals surface area contributed by atoms with Gasteiger partial charge in [0.2, 0.25) is 0 Å². The van der Waals surface area contributed by atoms with Gasteiger partial charge in [-0.05, 0) is 40.2 Å². The van der Waals surface area contributed by atoms with Crippen molar-refractivity contribution in [1.82, 2.24) is 20.2 Å². The number of nitrogens with zero attached hydrogens (tertiary/aromatic N) is 3. The zero-order chi connectivity index (χ0) is 16.0. The minimum Gasteiger partial charge on any atom is -0.444 e. The third kappa shape index (κ3) is 5.60. The van der Waals surface area contributed by atoms with E-state index in [2.05, 4.69) is 20.2 Å². The number of ether oxygens (including phenoxy) is 1. The van der Waals surface area contributed by atoms with Gasteiger partial charge in [-0.3, -0.25) is 14.9 Å². The van der Waals surface area contributed by atoms with Crippen molar-refractivity contribution in [3.8, 4) is 0 Å². The molecule has 1 aliphatic rings. The predicted octanol–water partition coefficient (Wildman–Crippen LogP) is 2.36. The molecular weight excluding hydrogens is 280 g/mol. The Morgan fingerprint density at radius 1 is 1.41 bits per heavy atom. The Morgan fingerprint density at radius 2 is 2.23 bits per heavy atom. The first-order valence-corrected chi connectivity index (χ1v) is 7.90. The van der Waals surface area contributed by atoms with Gasteiger partial charge in [-0.15, -0.1) is 0 Å². The number of hydrogen-bond donors (Lipinski definition) is 1. The van der Waals surface area contributed by atoms with Gasteiger partial charge in [0.1, 0.15) is 5.60 Å². The number of carbonyl (C=O) groups is 1. The van der Waals surface area contributed by atoms with Crippen LogP contribution in [0.1, 0.15) is 45.7 Å². The Balaban J connectivity index is 1.86. The molecule has 1 unspecified atom stereocenters. The van der Waals surface area contributed by atoms with Gasteiger partial charge in [0.05, 0.1) is 5.69 Å². The van der Waals surface area contributed by atoms with E-state index in [1.807, 2.05) is 20.8 Å². The molecule has 0 aliphatic carbocycles. The lowest BCUT2D eigenvalue weighted by Gasteiger charge is -2.35. The van der Waals surface area contributed by atoms with Crippen molar-refractivity contribution < 1.29 is 9.53 Å². The number of alkyl carbamates (subject to hydrolysis) is 1. The van der Waals surface area contributed by atoms with E-state index in [-0.39, 0.29) is 6.09 Å². The molecule has 0 spiro atoms. The molecular formula is C16H26N4O2. The van der Waals surface area contributed by atoms with Gasteiger partial charge >= 0.3 is 6.09 Å². The fourth-order valence-corrected chi connectivity index (χ4v) is 2.63. The summed E-state index contributed by atoms with van der Waals surface area (Å²) < 4.78 is 5.29. The van der Waals surface area contributed by atoms with E-state index in [1.54, 1.807) is 18.6 Å². The van der Waals surface area contributed by atoms with Crippen molar-refractivity contribution in [2.75, 3.05) is 13.1 Å². The number of piperidine rings is 1. The lowest BCUT2D eigenvalue weighted by molar-refractivity contribution is 0.0491. The predicted molar refractivity (Wildman–Crippen MR) is 84.3 cm³/mol. The number of rotatable bonds is 4. The molecule has 1 aliphatic heterocycles. The minimum absolute atomic E-state index is 0.322. The number of likely N-dealkylation sites (tertiary alicyclic amines) is 1. The highest BCUT2D eigenvalue weighted by molar-refractivity contribution is 5.67. The largest absolute Gasteiger partial charge is 0.444 e. The van der Waals surface area contributed by atoms with E-state index in [9.17, 15) is 4.79 Å². The Bertz CT molecular complexity index is 473. The number of carbonyl (C=O) groups excluding carboxylic acids is 1. The van der Waals surface area contributed by atoms with E-state index in [4.69, 9.17) is 4.74 Å². The molecule has 6 nitrogen and oxygen atoms in total. The second-order valence-corrected chi connectivity index (χ2v) is 6.70. The van der Waals surface area contributed by atoms with E-state index < -0.39 is 5.60 Å². The van der Waals surface area contributed by atoms with Crippen LogP contribution in [0, 0.1) is 0 Å². The van der Waals surface area contributed by atoms with Crippen molar-refractivity contribution in [3.63, 3.8) is 0 Å². The summed E-state index contributed by atoms with van der Waals surface area (Å²) in [5.74, 6) is 0. The number of nitrogens with one attached hydrogen (secondary N) is 1. The Hall–Kier alpha value is -1.69. The van der Waals surface area contributed by atoms with E-state index in [0.717, 1.165) is 25.2 Å². The summed E-state index contributed by atoms with van der Waals surface area (Å²) in [4.78, 5) is 22.6. The monoisotopic (exact) mass is 306 g/mol. The molecule has 2 rings (SSSR count). The normalized spacial score (nSPS) is 19.7. The molecule has 1 aromatic heterocycles. The quantitative estimate of drug-likeness (QED) is 0.925. The highest BCUT2D eigenvalue weighted by atomic mass is 16.6. The second-order valence-electron chi connectivity index (χ2n) is 6.70. The fraction of sp³-hybridized carbons (Fsp3) is 0.688. The van der Waals surface area contributed by atoms with Crippen LogP contribution in [0.2, 0.25) is 0 Å². The van der Waals surface area contributed by atoms with Crippen molar-refractivity contribution in [1.29, 1.82) is 0 Å². The number of amides is 1. The summed E-state index contributed by atoms with van der Waals surface area (Å²) in [5.41, 5.74) is 0.502. The Morgan fingerprint density at radius 3 is 2.91 bits per heavy atom. The van der Waals surface area contributed by atoms with Crippen molar-refractivity contribution in [2.45, 2.75) is 58.2 Å². The summed E-state index contributed by atoms with van der Waals surface area (Å²) >= 11 is 0. The topological polar surface area (TPSA) is 67.3 Å². The summed E-state index contributed by atoms with van der Waals surface area (Å²) in [6.45, 7) is 8.01. The van der Waals surface area contributed by atoms with Crippen LogP contribution in [-0.4, -0.2) is 45.7 Å². The lowest BCUT2D eigenvalue weighted by atomic mass is 10.0. The first-order valence-electron chi connectivity index (χ1n) is 7.90. The van der Waals surface area contributed by atoms with Gasteiger partial charge in [-0.2, -0.15) is 0 Å². The summed E-state index contributed by atoms with van der Waals surface area (Å²) in [5, 5.41) is 2.89. The van der Waals surface area contributed by atoms with Gasteiger partial charge in [0.25, 0.3) is 0 Å². The highest BCUT2D eigenvalue weighted by Gasteiger charge is 2.24. The van der Waals surface area contributed by atoms with Gasteiger partial charge in [-0.25, -0.2) is 4.79 Å². The molecule has 0 bridgehead atoms. The SMILES string of the molecule is CC(C)(C)OC(=O)NCC1CCCCN1Cc1cnccn1. The smallest absolute Gasteiger partial charge is 0.407 e. The number of aromatic nitrogens is 2. The summed E-state index contributed by atoms with van der Waals surface area (Å²) in [6, 6.07) is 0.322. The molecule has 1 saturated heterocycles. The Labute approximate surface area is 132 Å². The van der Waals surface area contributed by atoms with Crippen LogP contribution in [0.4, 0.5) is 4.79 Å². The van der Waals surface area contributed by atoms with Crippen LogP contribution in [0.15, 0.2) is 18.6 Å². The van der Waals surface area contributed by atoms with E-state index in [0.29, 0.717) is 12.6 Å². The van der Waals surface area contributed by atoms with Crippen LogP contribution >= 0.6 is 0 Å². The number of hydrogen-bond acceptors (Lipinski definition) is 5. The second kappa shape index (κ2) is 7.54. The molecule has 2 heterocycles. The average Bonchev–Trinajstić information content (AvgIpc) is 2.46. The lowest BCUT2D eigenvalue weighted by Crippen LogP contribution is -2.47. The molecule has 6 heteroatoms. The molecule has 22 heavy (non-hydrogen) atoms. The highest BCUT2D eigenvalue weighted by Crippen LogP contribution is 2.18. The minimum atomic E-state index is -0.462. The van der Waals surface area contributed by atoms with E-state index >= 15 is 0 Å². The van der Waals surface area contributed by atoms with Crippen molar-refractivity contribution in [2.24, 2.45) is 0 Å². The van der Waals surface area contributed by atoms with Gasteiger partial charge < -0.3 is 10.1 Å². The standard InChI is InChI=1S/C16H26N4O2/c1-16(2,3)22-15(21)19-11-14-6-4-5-9-20(14)12-13-10-17-7-8-18-13/h7-8,10,14H,4-6,9,11-12H2,1-3H3,(H,19,21). The van der Waals surface area contributed by atoms with Crippen LogP contribution < -0.4 is 5.32 Å². The van der Waals surface area contributed by atoms with Crippen molar-refractivity contribution >= 4 is 6.09 Å². The molecule has 0 aromatic carbocycles. The Kier molecular flexibility index (Phi) is 5.71. The summed E-state index contributed by atoms with van der Waals surface area (Å²) in [6.07, 6.45) is 8.30. The maximum Gasteiger partial charge on any atom is 0.407 e. The third-order valence-corrected chi connectivity index (χ3v) is 3.61. The van der Waals surface area contributed by atoms with Gasteiger partial charge in [-0.1, -0.05) is 6.42 Å². The first-order chi connectivity index (χ1) is 10.4. The average molecular weight is 306 g/mol. The zero-order valence-electron chi connectivity index (χ0n) is 13.7. The van der Waals surface area contributed by atoms with E-state index in [1.165, 1.54) is 12.8 Å². The fourth-order valence-electron chi connectivity index (χ4n) is 2.63. The van der Waals surface area contributed by atoms with Crippen LogP contribution in [0.25, 0.3) is 0 Å². The molecule has 1 fully saturated rings. The molecule has 1 amide bonds. The maximum atomic E-state index is 11.8. The molecule has 0 radical (unpaired) electrons. The molecule has 1 atom stereocenters. The zero-order valence-corrected chi connectivity index (χ0v) is 13.7.